The van der Waals surface area contributed by atoms with Crippen LogP contribution in [0.4, 0.5) is 0 Å². The van der Waals surface area contributed by atoms with E-state index < -0.39 is 22.8 Å². The molecule has 1 aliphatic heterocycles. The van der Waals surface area contributed by atoms with Gasteiger partial charge < -0.3 is 9.47 Å². The molecule has 22 heavy (non-hydrogen) atoms. The maximum absolute atomic E-state index is 12.0. The molecule has 0 aromatic heterocycles. The summed E-state index contributed by atoms with van der Waals surface area (Å²) in [6, 6.07) is 4.21. The average Bonchev–Trinajstić information content (AvgIpc) is 2.46. The number of carbonyl (C=O) groups is 2. The molecule has 1 aromatic rings. The lowest BCUT2D eigenvalue weighted by atomic mass is 10.1. The Labute approximate surface area is 125 Å². The molecule has 0 saturated heterocycles. The summed E-state index contributed by atoms with van der Waals surface area (Å²) in [6.45, 7) is 1.48. The van der Waals surface area contributed by atoms with Crippen LogP contribution in [-0.2, 0) is 9.53 Å². The molecule has 1 atom stereocenters. The summed E-state index contributed by atoms with van der Waals surface area (Å²) in [4.78, 5) is 37.2. The molecule has 0 saturated carbocycles. The largest absolute Gasteiger partial charge is 0.497 e. The van der Waals surface area contributed by atoms with Crippen LogP contribution in [0, 0.1) is 10.1 Å². The lowest BCUT2D eigenvalue weighted by Gasteiger charge is -2.14. The molecule has 114 valence electrons. The van der Waals surface area contributed by atoms with E-state index >= 15 is 0 Å². The lowest BCUT2D eigenvalue weighted by Crippen LogP contribution is -2.35. The van der Waals surface area contributed by atoms with E-state index in [0.717, 1.165) is 0 Å². The number of rotatable bonds is 4. The molecule has 1 aromatic carbocycles. The molecule has 0 aliphatic carbocycles. The van der Waals surface area contributed by atoms with Crippen LogP contribution in [0.15, 0.2) is 41.1 Å². The van der Waals surface area contributed by atoms with E-state index in [9.17, 15) is 19.7 Å². The first kappa shape index (κ1) is 15.4. The first-order valence-electron chi connectivity index (χ1n) is 6.23. The molecular weight excluding hydrogens is 292 g/mol. The molecule has 2 rings (SSSR count). The standard InChI is InChI=1S/C14H12N2O6/c1-8-7-11(12(16(19)20)13(17)15-8)22-14(18)9-3-5-10(21-2)6-4-9/h3-7,12H,1-2H3. The Morgan fingerprint density at radius 2 is 1.95 bits per heavy atom. The molecular formula is C14H12N2O6. The number of benzene rings is 1. The quantitative estimate of drug-likeness (QED) is 0.472. The van der Waals surface area contributed by atoms with Crippen LogP contribution < -0.4 is 4.74 Å². The van der Waals surface area contributed by atoms with Crippen LogP contribution in [0.25, 0.3) is 0 Å². The molecule has 0 bridgehead atoms. The van der Waals surface area contributed by atoms with Gasteiger partial charge in [0.15, 0.2) is 5.76 Å². The molecule has 0 spiro atoms. The molecule has 1 amide bonds. The smallest absolute Gasteiger partial charge is 0.348 e. The van der Waals surface area contributed by atoms with E-state index in [2.05, 4.69) is 4.99 Å². The maximum Gasteiger partial charge on any atom is 0.348 e. The van der Waals surface area contributed by atoms with Crippen LogP contribution in [0.3, 0.4) is 0 Å². The molecule has 0 radical (unpaired) electrons. The molecule has 0 fully saturated rings. The highest BCUT2D eigenvalue weighted by Crippen LogP contribution is 2.19. The highest BCUT2D eigenvalue weighted by Gasteiger charge is 2.39. The number of aliphatic imine (C=N–C) groups is 1. The minimum Gasteiger partial charge on any atom is -0.497 e. The van der Waals surface area contributed by atoms with Gasteiger partial charge in [-0.2, -0.15) is 0 Å². The van der Waals surface area contributed by atoms with Gasteiger partial charge in [-0.3, -0.25) is 14.9 Å². The first-order chi connectivity index (χ1) is 10.4. The minimum atomic E-state index is -1.80. The summed E-state index contributed by atoms with van der Waals surface area (Å²) in [5.74, 6) is -1.57. The van der Waals surface area contributed by atoms with Crippen molar-refractivity contribution in [3.05, 3.63) is 51.8 Å². The van der Waals surface area contributed by atoms with E-state index in [1.807, 2.05) is 0 Å². The van der Waals surface area contributed by atoms with Crippen LogP contribution >= 0.6 is 0 Å². The van der Waals surface area contributed by atoms with Gasteiger partial charge >= 0.3 is 17.9 Å². The number of hydrogen-bond acceptors (Lipinski definition) is 6. The minimum absolute atomic E-state index is 0.177. The second-order valence-electron chi connectivity index (χ2n) is 4.44. The number of methoxy groups -OCH3 is 1. The van der Waals surface area contributed by atoms with Gasteiger partial charge in [0.05, 0.1) is 12.7 Å². The molecule has 1 unspecified atom stereocenters. The predicted molar refractivity (Wildman–Crippen MR) is 75.4 cm³/mol. The summed E-state index contributed by atoms with van der Waals surface area (Å²) in [5, 5.41) is 11.0. The number of ether oxygens (including phenoxy) is 2. The topological polar surface area (TPSA) is 108 Å². The van der Waals surface area contributed by atoms with Gasteiger partial charge in [-0.05, 0) is 31.2 Å². The number of amides is 1. The van der Waals surface area contributed by atoms with Crippen molar-refractivity contribution in [1.29, 1.82) is 0 Å². The van der Waals surface area contributed by atoms with Gasteiger partial charge in [0.1, 0.15) is 5.75 Å². The zero-order valence-corrected chi connectivity index (χ0v) is 11.8. The zero-order chi connectivity index (χ0) is 16.3. The molecule has 8 nitrogen and oxygen atoms in total. The van der Waals surface area contributed by atoms with Gasteiger partial charge in [-0.15, -0.1) is 0 Å². The van der Waals surface area contributed by atoms with Gasteiger partial charge in [0, 0.05) is 16.7 Å². The van der Waals surface area contributed by atoms with Crippen molar-refractivity contribution in [3.63, 3.8) is 0 Å². The maximum atomic E-state index is 12.0. The lowest BCUT2D eigenvalue weighted by molar-refractivity contribution is -0.501. The van der Waals surface area contributed by atoms with Gasteiger partial charge in [0.2, 0.25) is 0 Å². The Hall–Kier alpha value is -3.03. The SMILES string of the molecule is COc1ccc(C(=O)OC2=CC(C)=NC(=O)C2[N+](=O)[O-])cc1. The Bertz CT molecular complexity index is 690. The summed E-state index contributed by atoms with van der Waals surface area (Å²) in [7, 11) is 1.48. The number of hydrogen-bond donors (Lipinski definition) is 0. The number of esters is 1. The Morgan fingerprint density at radius 1 is 1.32 bits per heavy atom. The molecule has 1 heterocycles. The fourth-order valence-electron chi connectivity index (χ4n) is 1.85. The molecule has 1 aliphatic rings. The fraction of sp³-hybridized carbons (Fsp3) is 0.214. The average molecular weight is 304 g/mol. The summed E-state index contributed by atoms with van der Waals surface area (Å²) in [5.41, 5.74) is 0.414. The number of dihydropyridines is 1. The Kier molecular flexibility index (Phi) is 4.31. The van der Waals surface area contributed by atoms with Gasteiger partial charge in [0.25, 0.3) is 0 Å². The fourth-order valence-corrected chi connectivity index (χ4v) is 1.85. The number of carbonyl (C=O) groups excluding carboxylic acids is 2. The summed E-state index contributed by atoms with van der Waals surface area (Å²) < 4.78 is 9.97. The third-order valence-corrected chi connectivity index (χ3v) is 2.89. The predicted octanol–water partition coefficient (Wildman–Crippen LogP) is 1.38. The van der Waals surface area contributed by atoms with Crippen LogP contribution in [0.1, 0.15) is 17.3 Å². The summed E-state index contributed by atoms with van der Waals surface area (Å²) >= 11 is 0. The Morgan fingerprint density at radius 3 is 2.50 bits per heavy atom. The van der Waals surface area contributed by atoms with Gasteiger partial charge in [-0.25, -0.2) is 9.79 Å². The van der Waals surface area contributed by atoms with Crippen molar-refractivity contribution in [2.24, 2.45) is 4.99 Å². The van der Waals surface area contributed by atoms with Crippen molar-refractivity contribution in [3.8, 4) is 5.75 Å². The number of allylic oxidation sites excluding steroid dienone is 1. The first-order valence-corrected chi connectivity index (χ1v) is 6.23. The third kappa shape index (κ3) is 3.17. The second-order valence-corrected chi connectivity index (χ2v) is 4.44. The van der Waals surface area contributed by atoms with Crippen molar-refractivity contribution >= 4 is 17.6 Å². The highest BCUT2D eigenvalue weighted by molar-refractivity contribution is 6.06. The summed E-state index contributed by atoms with van der Waals surface area (Å²) in [6.07, 6.45) is 1.20. The van der Waals surface area contributed by atoms with E-state index in [4.69, 9.17) is 9.47 Å². The van der Waals surface area contributed by atoms with Crippen molar-refractivity contribution in [1.82, 2.24) is 0 Å². The Balaban J connectivity index is 2.23. The third-order valence-electron chi connectivity index (χ3n) is 2.89. The van der Waals surface area contributed by atoms with Crippen LogP contribution in [-0.4, -0.2) is 35.7 Å². The van der Waals surface area contributed by atoms with Crippen molar-refractivity contribution < 1.29 is 24.0 Å². The number of nitrogens with zero attached hydrogens (tertiary/aromatic N) is 2. The molecule has 0 N–H and O–H groups in total. The normalized spacial score (nSPS) is 17.4. The second kappa shape index (κ2) is 6.17. The van der Waals surface area contributed by atoms with Crippen molar-refractivity contribution in [2.45, 2.75) is 13.0 Å². The van der Waals surface area contributed by atoms with Gasteiger partial charge in [-0.1, -0.05) is 0 Å². The van der Waals surface area contributed by atoms with E-state index in [0.29, 0.717) is 5.75 Å². The monoisotopic (exact) mass is 304 g/mol. The van der Waals surface area contributed by atoms with Crippen molar-refractivity contribution in [2.75, 3.05) is 7.11 Å². The zero-order valence-electron chi connectivity index (χ0n) is 11.8. The van der Waals surface area contributed by atoms with Crippen LogP contribution in [0.2, 0.25) is 0 Å². The number of nitro groups is 1. The van der Waals surface area contributed by atoms with E-state index in [1.54, 1.807) is 12.1 Å². The highest BCUT2D eigenvalue weighted by atomic mass is 16.6. The van der Waals surface area contributed by atoms with Crippen LogP contribution in [0.5, 0.6) is 5.75 Å². The van der Waals surface area contributed by atoms with E-state index in [1.165, 1.54) is 32.2 Å². The molecule has 8 heteroatoms. The van der Waals surface area contributed by atoms with E-state index in [-0.39, 0.29) is 17.0 Å².